The van der Waals surface area contributed by atoms with Gasteiger partial charge in [0.2, 0.25) is 5.82 Å². The van der Waals surface area contributed by atoms with E-state index in [0.29, 0.717) is 11.5 Å². The first kappa shape index (κ1) is 6.61. The predicted octanol–water partition coefficient (Wildman–Crippen LogP) is 0.412. The Hall–Kier alpha value is -2.09. The first-order valence-corrected chi connectivity index (χ1v) is 3.32. The van der Waals surface area contributed by atoms with Gasteiger partial charge < -0.3 is 10.7 Å². The molecule has 12 heavy (non-hydrogen) atoms. The van der Waals surface area contributed by atoms with Crippen molar-refractivity contribution in [2.45, 2.75) is 0 Å². The molecule has 0 aliphatic heterocycles. The summed E-state index contributed by atoms with van der Waals surface area (Å²) in [5, 5.41) is 9.26. The zero-order valence-corrected chi connectivity index (χ0v) is 6.07. The van der Waals surface area contributed by atoms with Crippen LogP contribution >= 0.6 is 0 Å². The Morgan fingerprint density at radius 2 is 2.33 bits per heavy atom. The van der Waals surface area contributed by atoms with Crippen molar-refractivity contribution in [3.63, 3.8) is 0 Å². The van der Waals surface area contributed by atoms with Crippen molar-refractivity contribution >= 4 is 16.9 Å². The van der Waals surface area contributed by atoms with Gasteiger partial charge in [0.1, 0.15) is 17.5 Å². The van der Waals surface area contributed by atoms with Crippen LogP contribution in [0.2, 0.25) is 0 Å². The second-order valence-corrected chi connectivity index (χ2v) is 2.28. The number of nitrogens with two attached hydrogens (primary N) is 1. The van der Waals surface area contributed by atoms with Crippen LogP contribution in [0.15, 0.2) is 12.3 Å². The first-order chi connectivity index (χ1) is 5.81. The molecule has 0 fully saturated rings. The summed E-state index contributed by atoms with van der Waals surface area (Å²) in [5.74, 6) is 0.417. The number of nitrogens with zero attached hydrogens (tertiary/aromatic N) is 3. The number of fused-ring (bicyclic) bond motifs is 1. The molecule has 0 aromatic carbocycles. The fourth-order valence-electron chi connectivity index (χ4n) is 1.02. The van der Waals surface area contributed by atoms with E-state index in [9.17, 15) is 0 Å². The lowest BCUT2D eigenvalue weighted by Crippen LogP contribution is -1.96. The Bertz CT molecular complexity index is 464. The van der Waals surface area contributed by atoms with E-state index in [-0.39, 0.29) is 5.82 Å². The van der Waals surface area contributed by atoms with Crippen molar-refractivity contribution in [2.24, 2.45) is 0 Å². The number of hydrogen-bond donors (Lipinski definition) is 2. The topological polar surface area (TPSA) is 91.4 Å². The Labute approximate surface area is 67.9 Å². The van der Waals surface area contributed by atoms with Crippen molar-refractivity contribution in [3.05, 3.63) is 18.1 Å². The highest BCUT2D eigenvalue weighted by molar-refractivity contribution is 5.85. The third-order valence-corrected chi connectivity index (χ3v) is 1.55. The van der Waals surface area contributed by atoms with Gasteiger partial charge in [0, 0.05) is 6.20 Å². The normalized spacial score (nSPS) is 9.92. The number of rotatable bonds is 0. The fourth-order valence-corrected chi connectivity index (χ4v) is 1.02. The average Bonchev–Trinajstić information content (AvgIpc) is 2.52. The highest BCUT2D eigenvalue weighted by Gasteiger charge is 2.03. The molecule has 3 N–H and O–H groups in total. The molecular weight excluding hydrogens is 154 g/mol. The lowest BCUT2D eigenvalue weighted by Gasteiger charge is -1.93. The Kier molecular flexibility index (Phi) is 1.21. The second kappa shape index (κ2) is 2.20. The Morgan fingerprint density at radius 3 is 3.08 bits per heavy atom. The number of nitriles is 1. The highest BCUT2D eigenvalue weighted by Crippen LogP contribution is 2.14. The van der Waals surface area contributed by atoms with Crippen molar-refractivity contribution < 1.29 is 0 Å². The molecule has 0 radical (unpaired) electrons. The number of aromatic amines is 1. The van der Waals surface area contributed by atoms with E-state index in [1.54, 1.807) is 12.3 Å². The summed E-state index contributed by atoms with van der Waals surface area (Å²) in [6.45, 7) is 0. The summed E-state index contributed by atoms with van der Waals surface area (Å²) in [6.07, 6.45) is 1.71. The summed E-state index contributed by atoms with van der Waals surface area (Å²) < 4.78 is 0. The molecule has 0 unspecified atom stereocenters. The number of nitrogens with one attached hydrogen (secondary N) is 1. The van der Waals surface area contributed by atoms with Crippen LogP contribution in [0.1, 0.15) is 5.82 Å². The van der Waals surface area contributed by atoms with E-state index < -0.39 is 0 Å². The Morgan fingerprint density at radius 1 is 1.50 bits per heavy atom. The maximum Gasteiger partial charge on any atom is 0.236 e. The lowest BCUT2D eigenvalue weighted by molar-refractivity contribution is 1.15. The van der Waals surface area contributed by atoms with Crippen molar-refractivity contribution in [1.29, 1.82) is 5.26 Å². The standard InChI is InChI=1S/C7H5N5/c8-3-5-11-6(9)4-1-2-10-7(4)12-5/h1-2H,(H3,9,10,11,12). The molecule has 5 heteroatoms. The average molecular weight is 159 g/mol. The van der Waals surface area contributed by atoms with E-state index in [4.69, 9.17) is 11.0 Å². The molecule has 2 rings (SSSR count). The van der Waals surface area contributed by atoms with Gasteiger partial charge in [0.05, 0.1) is 5.39 Å². The van der Waals surface area contributed by atoms with E-state index in [1.165, 1.54) is 0 Å². The SMILES string of the molecule is N#Cc1nc(N)c2cc[nH]c2n1. The molecule has 2 heterocycles. The van der Waals surface area contributed by atoms with Gasteiger partial charge in [0.25, 0.3) is 0 Å². The Balaban J connectivity index is 2.86. The summed E-state index contributed by atoms with van der Waals surface area (Å²) in [5.41, 5.74) is 6.15. The largest absolute Gasteiger partial charge is 0.383 e. The second-order valence-electron chi connectivity index (χ2n) is 2.28. The van der Waals surface area contributed by atoms with Gasteiger partial charge in [-0.3, -0.25) is 0 Å². The molecule has 0 aliphatic carbocycles. The number of anilines is 1. The van der Waals surface area contributed by atoms with Crippen LogP contribution in [0.4, 0.5) is 5.82 Å². The van der Waals surface area contributed by atoms with Crippen LogP contribution in [-0.2, 0) is 0 Å². The molecule has 2 aromatic rings. The molecule has 5 nitrogen and oxygen atoms in total. The molecule has 0 saturated carbocycles. The molecule has 0 atom stereocenters. The van der Waals surface area contributed by atoms with Gasteiger partial charge in [-0.05, 0) is 6.07 Å². The van der Waals surface area contributed by atoms with E-state index in [2.05, 4.69) is 15.0 Å². The molecule has 0 spiro atoms. The van der Waals surface area contributed by atoms with Crippen LogP contribution in [0.25, 0.3) is 11.0 Å². The van der Waals surface area contributed by atoms with Gasteiger partial charge in [-0.15, -0.1) is 0 Å². The van der Waals surface area contributed by atoms with Gasteiger partial charge in [-0.25, -0.2) is 9.97 Å². The maximum atomic E-state index is 8.51. The fraction of sp³-hybridized carbons (Fsp3) is 0. The van der Waals surface area contributed by atoms with Crippen molar-refractivity contribution in [2.75, 3.05) is 5.73 Å². The van der Waals surface area contributed by atoms with E-state index in [1.807, 2.05) is 6.07 Å². The molecule has 0 aliphatic rings. The van der Waals surface area contributed by atoms with Crippen LogP contribution in [0, 0.1) is 11.3 Å². The molecule has 2 aromatic heterocycles. The van der Waals surface area contributed by atoms with E-state index in [0.717, 1.165) is 5.39 Å². The van der Waals surface area contributed by atoms with Crippen LogP contribution in [0.5, 0.6) is 0 Å². The van der Waals surface area contributed by atoms with Crippen molar-refractivity contribution in [1.82, 2.24) is 15.0 Å². The monoisotopic (exact) mass is 159 g/mol. The zero-order chi connectivity index (χ0) is 8.55. The summed E-state index contributed by atoms with van der Waals surface area (Å²) in [4.78, 5) is 10.5. The molecule has 0 bridgehead atoms. The zero-order valence-electron chi connectivity index (χ0n) is 6.07. The molecule has 0 saturated heterocycles. The van der Waals surface area contributed by atoms with Gasteiger partial charge in [0.15, 0.2) is 0 Å². The van der Waals surface area contributed by atoms with Crippen LogP contribution < -0.4 is 5.73 Å². The molecule has 58 valence electrons. The van der Waals surface area contributed by atoms with Crippen molar-refractivity contribution in [3.8, 4) is 6.07 Å². The minimum absolute atomic E-state index is 0.0856. The van der Waals surface area contributed by atoms with Crippen LogP contribution in [-0.4, -0.2) is 15.0 Å². The smallest absolute Gasteiger partial charge is 0.236 e. The summed E-state index contributed by atoms with van der Waals surface area (Å²) in [7, 11) is 0. The number of H-pyrrole nitrogens is 1. The third-order valence-electron chi connectivity index (χ3n) is 1.55. The van der Waals surface area contributed by atoms with E-state index >= 15 is 0 Å². The van der Waals surface area contributed by atoms with Gasteiger partial charge >= 0.3 is 0 Å². The van der Waals surface area contributed by atoms with Crippen LogP contribution in [0.3, 0.4) is 0 Å². The van der Waals surface area contributed by atoms with Gasteiger partial charge in [-0.2, -0.15) is 5.26 Å². The number of nitrogen functional groups attached to an aromatic ring is 1. The quantitative estimate of drug-likeness (QED) is 0.582. The lowest BCUT2D eigenvalue weighted by atomic mass is 10.4. The summed E-state index contributed by atoms with van der Waals surface area (Å²) in [6, 6.07) is 3.60. The molecular formula is C7H5N5. The molecule has 0 amide bonds. The number of aromatic nitrogens is 3. The van der Waals surface area contributed by atoms with Gasteiger partial charge in [-0.1, -0.05) is 0 Å². The number of hydrogen-bond acceptors (Lipinski definition) is 4. The minimum atomic E-state index is 0.0856. The highest BCUT2D eigenvalue weighted by atomic mass is 15.0. The maximum absolute atomic E-state index is 8.51. The third kappa shape index (κ3) is 0.787. The predicted molar refractivity (Wildman–Crippen MR) is 43.0 cm³/mol. The minimum Gasteiger partial charge on any atom is -0.383 e. The summed E-state index contributed by atoms with van der Waals surface area (Å²) >= 11 is 0. The first-order valence-electron chi connectivity index (χ1n) is 3.32.